The van der Waals surface area contributed by atoms with Crippen LogP contribution in [0.3, 0.4) is 0 Å². The van der Waals surface area contributed by atoms with Gasteiger partial charge >= 0.3 is 5.97 Å². The van der Waals surface area contributed by atoms with E-state index in [0.29, 0.717) is 41.5 Å². The molecule has 3 aromatic carbocycles. The number of benzene rings is 3. The van der Waals surface area contributed by atoms with Crippen LogP contribution in [0.1, 0.15) is 23.7 Å². The highest BCUT2D eigenvalue weighted by atomic mass is 35.5. The van der Waals surface area contributed by atoms with Gasteiger partial charge in [-0.3, -0.25) is 9.59 Å². The van der Waals surface area contributed by atoms with Crippen LogP contribution in [-0.2, 0) is 14.3 Å². The molecule has 0 unspecified atom stereocenters. The zero-order valence-corrected chi connectivity index (χ0v) is 19.0. The lowest BCUT2D eigenvalue weighted by molar-refractivity contribution is -0.120. The van der Waals surface area contributed by atoms with Gasteiger partial charge in [0.1, 0.15) is 22.2 Å². The number of carbonyl (C=O) groups excluding carboxylic acids is 3. The number of anilines is 2. The smallest absolute Gasteiger partial charge is 0.338 e. The Kier molecular flexibility index (Phi) is 6.94. The molecule has 7 nitrogen and oxygen atoms in total. The van der Waals surface area contributed by atoms with Crippen LogP contribution in [-0.4, -0.2) is 24.4 Å². The zero-order valence-electron chi connectivity index (χ0n) is 18.3. The van der Waals surface area contributed by atoms with Gasteiger partial charge in [-0.25, -0.2) is 9.69 Å². The van der Waals surface area contributed by atoms with Crippen LogP contribution in [0.15, 0.2) is 89.6 Å². The van der Waals surface area contributed by atoms with Crippen molar-refractivity contribution >= 4 is 40.8 Å². The molecule has 0 bridgehead atoms. The lowest BCUT2D eigenvalue weighted by Gasteiger charge is -2.16. The van der Waals surface area contributed by atoms with Crippen LogP contribution in [0.5, 0.6) is 11.5 Å². The molecule has 3 aromatic rings. The number of hydrogen-bond donors (Lipinski definition) is 1. The summed E-state index contributed by atoms with van der Waals surface area (Å²) in [7, 11) is 0. The molecular weight excluding hydrogens is 456 g/mol. The van der Waals surface area contributed by atoms with Crippen LogP contribution in [0.2, 0.25) is 0 Å². The highest BCUT2D eigenvalue weighted by Gasteiger charge is 2.39. The third-order valence-electron chi connectivity index (χ3n) is 4.91. The Balaban J connectivity index is 1.49. The van der Waals surface area contributed by atoms with Crippen LogP contribution in [0.4, 0.5) is 11.4 Å². The Hall–Kier alpha value is -4.10. The summed E-state index contributed by atoms with van der Waals surface area (Å²) in [4.78, 5) is 38.9. The molecule has 4 rings (SSSR count). The molecule has 0 spiro atoms. The summed E-state index contributed by atoms with van der Waals surface area (Å²) in [5, 5.41) is 2.63. The molecule has 0 aromatic heterocycles. The van der Waals surface area contributed by atoms with E-state index in [2.05, 4.69) is 5.32 Å². The number of ether oxygens (including phenoxy) is 2. The number of hydrogen-bond acceptors (Lipinski definition) is 6. The minimum atomic E-state index is -0.649. The molecule has 2 amide bonds. The largest absolute Gasteiger partial charge is 0.462 e. The van der Waals surface area contributed by atoms with E-state index < -0.39 is 17.8 Å². The maximum absolute atomic E-state index is 13.0. The molecular formula is C26H21ClN2O5. The quantitative estimate of drug-likeness (QED) is 0.342. The van der Waals surface area contributed by atoms with Crippen LogP contribution in [0, 0.1) is 0 Å². The average Bonchev–Trinajstić information content (AvgIpc) is 3.07. The summed E-state index contributed by atoms with van der Waals surface area (Å²) >= 11 is 6.22. The Bertz CT molecular complexity index is 1260. The van der Waals surface area contributed by atoms with Crippen LogP contribution >= 0.6 is 11.6 Å². The second-order valence-corrected chi connectivity index (χ2v) is 7.76. The van der Waals surface area contributed by atoms with Crippen molar-refractivity contribution in [3.05, 3.63) is 95.2 Å². The molecule has 1 heterocycles. The number of esters is 1. The van der Waals surface area contributed by atoms with Gasteiger partial charge in [-0.1, -0.05) is 42.8 Å². The topological polar surface area (TPSA) is 84.9 Å². The van der Waals surface area contributed by atoms with Crippen LogP contribution in [0.25, 0.3) is 0 Å². The summed E-state index contributed by atoms with van der Waals surface area (Å²) in [5.41, 5.74) is 1.02. The monoisotopic (exact) mass is 476 g/mol. The van der Waals surface area contributed by atoms with Gasteiger partial charge in [0, 0.05) is 5.69 Å². The zero-order chi connectivity index (χ0) is 24.1. The van der Waals surface area contributed by atoms with E-state index in [1.807, 2.05) is 37.3 Å². The van der Waals surface area contributed by atoms with Crippen molar-refractivity contribution in [2.45, 2.75) is 13.3 Å². The molecule has 0 saturated carbocycles. The molecule has 1 N–H and O–H groups in total. The summed E-state index contributed by atoms with van der Waals surface area (Å²) < 4.78 is 10.9. The van der Waals surface area contributed by atoms with E-state index in [9.17, 15) is 14.4 Å². The number of nitrogens with zero attached hydrogens (tertiary/aromatic N) is 1. The molecule has 172 valence electrons. The molecule has 8 heteroatoms. The van der Waals surface area contributed by atoms with Gasteiger partial charge in [0.2, 0.25) is 0 Å². The molecule has 0 fully saturated rings. The maximum atomic E-state index is 13.0. The number of imide groups is 1. The van der Waals surface area contributed by atoms with Crippen LogP contribution < -0.4 is 15.0 Å². The average molecular weight is 477 g/mol. The highest BCUT2D eigenvalue weighted by molar-refractivity contribution is 6.53. The van der Waals surface area contributed by atoms with Gasteiger partial charge in [-0.05, 0) is 61.0 Å². The normalized spacial score (nSPS) is 13.3. The Morgan fingerprint density at radius 1 is 0.912 bits per heavy atom. The maximum Gasteiger partial charge on any atom is 0.338 e. The van der Waals surface area contributed by atoms with Crippen molar-refractivity contribution in [3.63, 3.8) is 0 Å². The van der Waals surface area contributed by atoms with Gasteiger partial charge in [0.15, 0.2) is 0 Å². The SMILES string of the molecule is CCCOC(=O)c1cccc(NC2=C(Cl)C(=O)N(c3ccc(Oc4ccccc4)cc3)C2=O)c1. The lowest BCUT2D eigenvalue weighted by atomic mass is 10.2. The lowest BCUT2D eigenvalue weighted by Crippen LogP contribution is -2.32. The fourth-order valence-electron chi connectivity index (χ4n) is 3.28. The van der Waals surface area contributed by atoms with E-state index in [4.69, 9.17) is 21.1 Å². The third kappa shape index (κ3) is 4.94. The van der Waals surface area contributed by atoms with Gasteiger partial charge in [0.05, 0.1) is 17.9 Å². The fraction of sp³-hybridized carbons (Fsp3) is 0.115. The standard InChI is InChI=1S/C26H21ClN2O5/c1-2-15-33-26(32)17-7-6-8-18(16-17)28-23-22(27)24(30)29(25(23)31)19-11-13-21(14-12-19)34-20-9-4-3-5-10-20/h3-14,16,28H,2,15H2,1H3. The number of nitrogens with one attached hydrogen (secondary N) is 1. The summed E-state index contributed by atoms with van der Waals surface area (Å²) in [6.45, 7) is 2.21. The van der Waals surface area contributed by atoms with Gasteiger partial charge in [-0.15, -0.1) is 0 Å². The van der Waals surface area contributed by atoms with Gasteiger partial charge in [0.25, 0.3) is 11.8 Å². The van der Waals surface area contributed by atoms with E-state index in [1.165, 1.54) is 6.07 Å². The van der Waals surface area contributed by atoms with E-state index in [-0.39, 0.29) is 10.7 Å². The Morgan fingerprint density at radius 3 is 2.32 bits per heavy atom. The minimum Gasteiger partial charge on any atom is -0.462 e. The fourth-order valence-corrected chi connectivity index (χ4v) is 3.49. The number of para-hydroxylation sites is 1. The Labute approximate surface area is 201 Å². The first kappa shape index (κ1) is 23.1. The number of rotatable bonds is 8. The van der Waals surface area contributed by atoms with E-state index in [0.717, 1.165) is 4.90 Å². The van der Waals surface area contributed by atoms with Crippen molar-refractivity contribution in [1.82, 2.24) is 0 Å². The molecule has 1 aliphatic heterocycles. The molecule has 0 radical (unpaired) electrons. The first-order valence-electron chi connectivity index (χ1n) is 10.6. The summed E-state index contributed by atoms with van der Waals surface area (Å²) in [6, 6.07) is 22.2. The van der Waals surface area contributed by atoms with Crippen molar-refractivity contribution < 1.29 is 23.9 Å². The van der Waals surface area contributed by atoms with E-state index in [1.54, 1.807) is 42.5 Å². The molecule has 0 atom stereocenters. The van der Waals surface area contributed by atoms with Crippen molar-refractivity contribution in [2.24, 2.45) is 0 Å². The second kappa shape index (κ2) is 10.2. The number of amides is 2. The van der Waals surface area contributed by atoms with Gasteiger partial charge in [-0.2, -0.15) is 0 Å². The highest BCUT2D eigenvalue weighted by Crippen LogP contribution is 2.32. The number of carbonyl (C=O) groups is 3. The number of halogens is 1. The first-order valence-corrected chi connectivity index (χ1v) is 11.0. The summed E-state index contributed by atoms with van der Waals surface area (Å²) in [5.74, 6) is -0.507. The predicted octanol–water partition coefficient (Wildman–Crippen LogP) is 5.48. The molecule has 1 aliphatic rings. The van der Waals surface area contributed by atoms with Crippen molar-refractivity contribution in [2.75, 3.05) is 16.8 Å². The third-order valence-corrected chi connectivity index (χ3v) is 5.26. The summed E-state index contributed by atoms with van der Waals surface area (Å²) in [6.07, 6.45) is 0.706. The predicted molar refractivity (Wildman–Crippen MR) is 129 cm³/mol. The molecule has 0 saturated heterocycles. The molecule has 0 aliphatic carbocycles. The molecule has 34 heavy (non-hydrogen) atoms. The van der Waals surface area contributed by atoms with Crippen molar-refractivity contribution in [3.8, 4) is 11.5 Å². The van der Waals surface area contributed by atoms with Gasteiger partial charge < -0.3 is 14.8 Å². The first-order chi connectivity index (χ1) is 16.5. The van der Waals surface area contributed by atoms with Crippen molar-refractivity contribution in [1.29, 1.82) is 0 Å². The minimum absolute atomic E-state index is 0.0737. The second-order valence-electron chi connectivity index (χ2n) is 7.39. The Morgan fingerprint density at radius 2 is 1.62 bits per heavy atom. The van der Waals surface area contributed by atoms with E-state index >= 15 is 0 Å².